The molecule has 0 spiro atoms. The van der Waals surface area contributed by atoms with Crippen molar-refractivity contribution in [2.75, 3.05) is 0 Å². The third kappa shape index (κ3) is 4.81. The van der Waals surface area contributed by atoms with Crippen LogP contribution >= 0.6 is 0 Å². The van der Waals surface area contributed by atoms with Crippen molar-refractivity contribution in [3.63, 3.8) is 0 Å². The van der Waals surface area contributed by atoms with Crippen LogP contribution in [0.3, 0.4) is 0 Å². The van der Waals surface area contributed by atoms with Gasteiger partial charge in [-0.05, 0) is 33.3 Å². The van der Waals surface area contributed by atoms with Gasteiger partial charge in [-0.1, -0.05) is 19.1 Å². The number of ether oxygens (including phenoxy) is 1. The van der Waals surface area contributed by atoms with Gasteiger partial charge in [0, 0.05) is 17.6 Å². The lowest BCUT2D eigenvalue weighted by Crippen LogP contribution is -2.35. The van der Waals surface area contributed by atoms with Crippen LogP contribution in [0.25, 0.3) is 0 Å². The predicted molar refractivity (Wildman–Crippen MR) is 75.3 cm³/mol. The number of rotatable bonds is 6. The molecule has 4 nitrogen and oxygen atoms in total. The van der Waals surface area contributed by atoms with Crippen LogP contribution in [0, 0.1) is 5.82 Å². The van der Waals surface area contributed by atoms with Gasteiger partial charge in [0.1, 0.15) is 0 Å². The summed E-state index contributed by atoms with van der Waals surface area (Å²) in [4.78, 5) is 11.0. The van der Waals surface area contributed by atoms with Crippen molar-refractivity contribution in [2.45, 2.75) is 52.3 Å². The van der Waals surface area contributed by atoms with Crippen LogP contribution in [-0.4, -0.2) is 22.7 Å². The summed E-state index contributed by atoms with van der Waals surface area (Å²) in [5.74, 6) is -1.62. The summed E-state index contributed by atoms with van der Waals surface area (Å²) in [7, 11) is 0. The lowest BCUT2D eigenvalue weighted by Gasteiger charge is -2.22. The topological polar surface area (TPSA) is 58.6 Å². The molecule has 1 aromatic carbocycles. The average Bonchev–Trinajstić information content (AvgIpc) is 2.33. The van der Waals surface area contributed by atoms with Crippen molar-refractivity contribution >= 4 is 5.97 Å². The quantitative estimate of drug-likeness (QED) is 0.842. The largest absolute Gasteiger partial charge is 0.479 e. The Morgan fingerprint density at radius 3 is 2.60 bits per heavy atom. The molecule has 1 aromatic rings. The molecule has 0 heterocycles. The standard InChI is InChI=1S/C15H22FNO3/c1-5-12(14(18)19)20-13-10(7-6-8-11(13)16)9-17-15(2,3)4/h6-8,12,17H,5,9H2,1-4H3,(H,18,19). The number of hydrogen-bond donors (Lipinski definition) is 2. The highest BCUT2D eigenvalue weighted by molar-refractivity contribution is 5.72. The molecule has 1 rings (SSSR count). The van der Waals surface area contributed by atoms with E-state index < -0.39 is 17.9 Å². The number of halogens is 1. The number of nitrogens with one attached hydrogen (secondary N) is 1. The van der Waals surface area contributed by atoms with Gasteiger partial charge in [0.2, 0.25) is 0 Å². The van der Waals surface area contributed by atoms with E-state index in [2.05, 4.69) is 5.32 Å². The molecular formula is C15H22FNO3. The molecule has 2 N–H and O–H groups in total. The SMILES string of the molecule is CCC(Oc1c(F)cccc1CNC(C)(C)C)C(=O)O. The highest BCUT2D eigenvalue weighted by Crippen LogP contribution is 2.25. The molecule has 20 heavy (non-hydrogen) atoms. The number of benzene rings is 1. The molecule has 0 radical (unpaired) electrons. The van der Waals surface area contributed by atoms with Gasteiger partial charge in [-0.3, -0.25) is 0 Å². The molecule has 0 fully saturated rings. The Hall–Kier alpha value is -1.62. The zero-order chi connectivity index (χ0) is 15.3. The van der Waals surface area contributed by atoms with E-state index in [1.54, 1.807) is 19.1 Å². The molecule has 1 atom stereocenters. The fourth-order valence-electron chi connectivity index (χ4n) is 1.64. The van der Waals surface area contributed by atoms with Crippen LogP contribution in [-0.2, 0) is 11.3 Å². The second-order valence-electron chi connectivity index (χ2n) is 5.68. The van der Waals surface area contributed by atoms with Crippen molar-refractivity contribution in [2.24, 2.45) is 0 Å². The van der Waals surface area contributed by atoms with Crippen molar-refractivity contribution in [3.05, 3.63) is 29.6 Å². The molecule has 0 aromatic heterocycles. The summed E-state index contributed by atoms with van der Waals surface area (Å²) in [6.45, 7) is 8.09. The minimum absolute atomic E-state index is 0.0125. The second-order valence-corrected chi connectivity index (χ2v) is 5.68. The lowest BCUT2D eigenvalue weighted by molar-refractivity contribution is -0.145. The van der Waals surface area contributed by atoms with E-state index in [0.29, 0.717) is 12.1 Å². The highest BCUT2D eigenvalue weighted by atomic mass is 19.1. The summed E-state index contributed by atoms with van der Waals surface area (Å²) >= 11 is 0. The van der Waals surface area contributed by atoms with Crippen molar-refractivity contribution < 1.29 is 19.0 Å². The third-order valence-electron chi connectivity index (χ3n) is 2.76. The van der Waals surface area contributed by atoms with Crippen molar-refractivity contribution in [1.29, 1.82) is 0 Å². The second kappa shape index (κ2) is 6.70. The Kier molecular flexibility index (Phi) is 5.51. The van der Waals surface area contributed by atoms with E-state index in [4.69, 9.17) is 9.84 Å². The van der Waals surface area contributed by atoms with Crippen molar-refractivity contribution in [3.8, 4) is 5.75 Å². The molecule has 5 heteroatoms. The molecular weight excluding hydrogens is 261 g/mol. The Bertz CT molecular complexity index is 469. The molecule has 0 aliphatic rings. The van der Waals surface area contributed by atoms with Gasteiger partial charge in [0.05, 0.1) is 0 Å². The van der Waals surface area contributed by atoms with Crippen LogP contribution in [0.1, 0.15) is 39.7 Å². The minimum atomic E-state index is -1.09. The van der Waals surface area contributed by atoms with Gasteiger partial charge in [-0.25, -0.2) is 9.18 Å². The van der Waals surface area contributed by atoms with E-state index in [-0.39, 0.29) is 17.7 Å². The number of aliphatic carboxylic acids is 1. The first kappa shape index (κ1) is 16.4. The molecule has 0 saturated carbocycles. The fraction of sp³-hybridized carbons (Fsp3) is 0.533. The summed E-state index contributed by atoms with van der Waals surface area (Å²) < 4.78 is 19.2. The van der Waals surface area contributed by atoms with Crippen LogP contribution in [0.5, 0.6) is 5.75 Å². The van der Waals surface area contributed by atoms with Gasteiger partial charge in [-0.15, -0.1) is 0 Å². The Labute approximate surface area is 119 Å². The maximum atomic E-state index is 13.9. The van der Waals surface area contributed by atoms with Gasteiger partial charge in [0.25, 0.3) is 0 Å². The van der Waals surface area contributed by atoms with Crippen LogP contribution < -0.4 is 10.1 Å². The number of carboxylic acid groups (broad SMARTS) is 1. The molecule has 0 saturated heterocycles. The zero-order valence-electron chi connectivity index (χ0n) is 12.4. The third-order valence-corrected chi connectivity index (χ3v) is 2.76. The molecule has 112 valence electrons. The summed E-state index contributed by atoms with van der Waals surface area (Å²) in [6.07, 6.45) is -0.768. The first-order valence-corrected chi connectivity index (χ1v) is 6.66. The van der Waals surface area contributed by atoms with Gasteiger partial charge in [-0.2, -0.15) is 0 Å². The lowest BCUT2D eigenvalue weighted by atomic mass is 10.1. The average molecular weight is 283 g/mol. The molecule has 0 bridgehead atoms. The Morgan fingerprint density at radius 1 is 1.45 bits per heavy atom. The first-order valence-electron chi connectivity index (χ1n) is 6.66. The van der Waals surface area contributed by atoms with Gasteiger partial charge < -0.3 is 15.2 Å². The van der Waals surface area contributed by atoms with E-state index >= 15 is 0 Å². The van der Waals surface area contributed by atoms with E-state index in [9.17, 15) is 9.18 Å². The maximum absolute atomic E-state index is 13.9. The summed E-state index contributed by atoms with van der Waals surface area (Å²) in [5, 5.41) is 12.2. The highest BCUT2D eigenvalue weighted by Gasteiger charge is 2.21. The van der Waals surface area contributed by atoms with Crippen LogP contribution in [0.15, 0.2) is 18.2 Å². The van der Waals surface area contributed by atoms with Crippen molar-refractivity contribution in [1.82, 2.24) is 5.32 Å². The normalized spacial score (nSPS) is 13.1. The minimum Gasteiger partial charge on any atom is -0.479 e. The smallest absolute Gasteiger partial charge is 0.344 e. The van der Waals surface area contributed by atoms with E-state index in [0.717, 1.165) is 0 Å². The number of carbonyl (C=O) groups is 1. The number of para-hydroxylation sites is 1. The number of hydrogen-bond acceptors (Lipinski definition) is 3. The molecule has 0 aliphatic heterocycles. The molecule has 0 amide bonds. The Balaban J connectivity index is 2.96. The maximum Gasteiger partial charge on any atom is 0.344 e. The van der Waals surface area contributed by atoms with Crippen LogP contribution in [0.4, 0.5) is 4.39 Å². The first-order chi connectivity index (χ1) is 9.24. The summed E-state index contributed by atoms with van der Waals surface area (Å²) in [6, 6.07) is 4.58. The molecule has 0 aliphatic carbocycles. The fourth-order valence-corrected chi connectivity index (χ4v) is 1.64. The monoisotopic (exact) mass is 283 g/mol. The van der Waals surface area contributed by atoms with Gasteiger partial charge in [0.15, 0.2) is 17.7 Å². The van der Waals surface area contributed by atoms with Crippen LogP contribution in [0.2, 0.25) is 0 Å². The number of carboxylic acids is 1. The van der Waals surface area contributed by atoms with E-state index in [1.165, 1.54) is 6.07 Å². The van der Waals surface area contributed by atoms with Gasteiger partial charge >= 0.3 is 5.97 Å². The predicted octanol–water partition coefficient (Wildman–Crippen LogP) is 2.96. The Morgan fingerprint density at radius 2 is 2.10 bits per heavy atom. The molecule has 1 unspecified atom stereocenters. The summed E-state index contributed by atoms with van der Waals surface area (Å²) in [5.41, 5.74) is 0.486. The van der Waals surface area contributed by atoms with E-state index in [1.807, 2.05) is 20.8 Å². The zero-order valence-corrected chi connectivity index (χ0v) is 12.4.